The molecule has 25 heavy (non-hydrogen) atoms. The molecule has 0 aliphatic heterocycles. The fourth-order valence-electron chi connectivity index (χ4n) is 2.38. The number of aromatic nitrogens is 1. The molecule has 0 unspecified atom stereocenters. The minimum atomic E-state index is -0.451. The zero-order valence-electron chi connectivity index (χ0n) is 13.7. The van der Waals surface area contributed by atoms with Gasteiger partial charge in [-0.15, -0.1) is 0 Å². The molecule has 1 heterocycles. The summed E-state index contributed by atoms with van der Waals surface area (Å²) in [5, 5.41) is 0.716. The minimum absolute atomic E-state index is 0.194. The normalized spacial score (nSPS) is 10.3. The largest absolute Gasteiger partial charge is 0.484 e. The number of pyridine rings is 1. The second kappa shape index (κ2) is 7.44. The number of para-hydroxylation sites is 1. The van der Waals surface area contributed by atoms with Gasteiger partial charge in [-0.05, 0) is 36.8 Å². The molecule has 0 aliphatic rings. The van der Waals surface area contributed by atoms with Crippen LogP contribution >= 0.6 is 0 Å². The van der Waals surface area contributed by atoms with Crippen LogP contribution in [-0.4, -0.2) is 23.4 Å². The number of hydrazine groups is 1. The summed E-state index contributed by atoms with van der Waals surface area (Å²) in [6.45, 7) is 1.74. The van der Waals surface area contributed by atoms with Crippen LogP contribution in [0.15, 0.2) is 60.8 Å². The number of carbonyl (C=O) groups excluding carboxylic acids is 2. The maximum absolute atomic E-state index is 12.3. The number of hydrogen-bond donors (Lipinski definition) is 2. The van der Waals surface area contributed by atoms with Crippen LogP contribution in [0.1, 0.15) is 15.9 Å². The van der Waals surface area contributed by atoms with Gasteiger partial charge < -0.3 is 4.74 Å². The molecule has 3 aromatic rings. The third-order valence-corrected chi connectivity index (χ3v) is 3.57. The Hall–Kier alpha value is -3.41. The molecule has 1 aromatic heterocycles. The number of amides is 2. The fraction of sp³-hybridized carbons (Fsp3) is 0.105. The highest BCUT2D eigenvalue weighted by atomic mass is 16.5. The summed E-state index contributed by atoms with van der Waals surface area (Å²) in [7, 11) is 0. The topological polar surface area (TPSA) is 80.3 Å². The summed E-state index contributed by atoms with van der Waals surface area (Å²) < 4.78 is 5.38. The molecule has 0 bridgehead atoms. The Balaban J connectivity index is 1.57. The Morgan fingerprint density at radius 2 is 1.88 bits per heavy atom. The Bertz CT molecular complexity index is 919. The van der Waals surface area contributed by atoms with Gasteiger partial charge in [-0.1, -0.05) is 30.3 Å². The van der Waals surface area contributed by atoms with E-state index < -0.39 is 11.8 Å². The predicted octanol–water partition coefficient (Wildman–Crippen LogP) is 2.38. The van der Waals surface area contributed by atoms with Gasteiger partial charge in [0.05, 0.1) is 11.1 Å². The average Bonchev–Trinajstić information content (AvgIpc) is 2.64. The zero-order valence-corrected chi connectivity index (χ0v) is 13.7. The first-order chi connectivity index (χ1) is 12.1. The zero-order chi connectivity index (χ0) is 17.6. The molecule has 0 spiro atoms. The summed E-state index contributed by atoms with van der Waals surface area (Å²) in [4.78, 5) is 28.3. The van der Waals surface area contributed by atoms with Crippen LogP contribution in [0.3, 0.4) is 0 Å². The summed E-state index contributed by atoms with van der Waals surface area (Å²) in [5.74, 6) is -0.266. The first-order valence-corrected chi connectivity index (χ1v) is 7.76. The molecule has 2 N–H and O–H groups in total. The van der Waals surface area contributed by atoms with Gasteiger partial charge in [0.15, 0.2) is 6.61 Å². The lowest BCUT2D eigenvalue weighted by atomic mass is 10.1. The van der Waals surface area contributed by atoms with E-state index in [2.05, 4.69) is 15.8 Å². The number of nitrogens with zero attached hydrogens (tertiary/aromatic N) is 1. The van der Waals surface area contributed by atoms with E-state index in [1.54, 1.807) is 24.4 Å². The van der Waals surface area contributed by atoms with Crippen molar-refractivity contribution in [3.63, 3.8) is 0 Å². The summed E-state index contributed by atoms with van der Waals surface area (Å²) >= 11 is 0. The molecule has 2 aromatic carbocycles. The summed E-state index contributed by atoms with van der Waals surface area (Å²) in [5.41, 5.74) is 6.92. The van der Waals surface area contributed by atoms with E-state index in [1.807, 2.05) is 43.3 Å². The Labute approximate surface area is 144 Å². The molecule has 0 aliphatic carbocycles. The van der Waals surface area contributed by atoms with Crippen molar-refractivity contribution in [1.82, 2.24) is 15.8 Å². The third kappa shape index (κ3) is 4.11. The number of aryl methyl sites for hydroxylation is 1. The second-order valence-corrected chi connectivity index (χ2v) is 5.48. The molecule has 0 saturated heterocycles. The molecule has 0 fully saturated rings. The summed E-state index contributed by atoms with van der Waals surface area (Å²) in [6.07, 6.45) is 1.56. The smallest absolute Gasteiger partial charge is 0.276 e. The van der Waals surface area contributed by atoms with Crippen molar-refractivity contribution in [2.75, 3.05) is 6.61 Å². The second-order valence-electron chi connectivity index (χ2n) is 5.48. The van der Waals surface area contributed by atoms with Crippen molar-refractivity contribution >= 4 is 22.7 Å². The number of nitrogens with one attached hydrogen (secondary N) is 2. The Kier molecular flexibility index (Phi) is 4.89. The first kappa shape index (κ1) is 16.4. The Morgan fingerprint density at radius 1 is 1.04 bits per heavy atom. The quantitative estimate of drug-likeness (QED) is 0.718. The number of rotatable bonds is 4. The van der Waals surface area contributed by atoms with E-state index in [4.69, 9.17) is 4.74 Å². The van der Waals surface area contributed by atoms with E-state index in [0.29, 0.717) is 22.2 Å². The molecule has 126 valence electrons. The lowest BCUT2D eigenvalue weighted by Crippen LogP contribution is -2.43. The maximum atomic E-state index is 12.3. The number of benzene rings is 2. The number of ether oxygens (including phenoxy) is 1. The molecule has 3 rings (SSSR count). The van der Waals surface area contributed by atoms with Crippen LogP contribution in [0.25, 0.3) is 10.9 Å². The lowest BCUT2D eigenvalue weighted by molar-refractivity contribution is -0.123. The van der Waals surface area contributed by atoms with Gasteiger partial charge in [0.1, 0.15) is 5.75 Å². The monoisotopic (exact) mass is 335 g/mol. The van der Waals surface area contributed by atoms with Crippen molar-refractivity contribution in [2.45, 2.75) is 6.92 Å². The minimum Gasteiger partial charge on any atom is -0.484 e. The first-order valence-electron chi connectivity index (χ1n) is 7.76. The van der Waals surface area contributed by atoms with Gasteiger partial charge >= 0.3 is 0 Å². The molecule has 0 radical (unpaired) electrons. The highest BCUT2D eigenvalue weighted by Gasteiger charge is 2.11. The molecule has 6 nitrogen and oxygen atoms in total. The highest BCUT2D eigenvalue weighted by molar-refractivity contribution is 6.06. The van der Waals surface area contributed by atoms with Gasteiger partial charge in [0.2, 0.25) is 0 Å². The predicted molar refractivity (Wildman–Crippen MR) is 94.0 cm³/mol. The van der Waals surface area contributed by atoms with Crippen molar-refractivity contribution in [2.24, 2.45) is 0 Å². The van der Waals surface area contributed by atoms with Crippen molar-refractivity contribution in [3.8, 4) is 5.75 Å². The maximum Gasteiger partial charge on any atom is 0.276 e. The molecule has 6 heteroatoms. The van der Waals surface area contributed by atoms with Crippen molar-refractivity contribution in [3.05, 3.63) is 71.9 Å². The van der Waals surface area contributed by atoms with E-state index in [1.165, 1.54) is 0 Å². The molecule has 0 atom stereocenters. The number of fused-ring (bicyclic) bond motifs is 1. The number of carbonyl (C=O) groups is 2. The standard InChI is InChI=1S/C19H17N3O3/c1-13-5-4-6-14(11-13)25-12-18(23)21-22-19(24)16-9-10-20-17-8-3-2-7-15(16)17/h2-11H,12H2,1H3,(H,21,23)(H,22,24). The van der Waals surface area contributed by atoms with Crippen molar-refractivity contribution in [1.29, 1.82) is 0 Å². The SMILES string of the molecule is Cc1cccc(OCC(=O)NNC(=O)c2ccnc3ccccc23)c1. The van der Waals surface area contributed by atoms with E-state index in [-0.39, 0.29) is 6.61 Å². The average molecular weight is 335 g/mol. The lowest BCUT2D eigenvalue weighted by Gasteiger charge is -2.10. The van der Waals surface area contributed by atoms with Gasteiger partial charge in [-0.2, -0.15) is 0 Å². The summed E-state index contributed by atoms with van der Waals surface area (Å²) in [6, 6.07) is 16.3. The van der Waals surface area contributed by atoms with Gasteiger partial charge in [0, 0.05) is 11.6 Å². The fourth-order valence-corrected chi connectivity index (χ4v) is 2.38. The number of hydrogen-bond acceptors (Lipinski definition) is 4. The molecule has 2 amide bonds. The molecular formula is C19H17N3O3. The van der Waals surface area contributed by atoms with Gasteiger partial charge in [-0.3, -0.25) is 25.4 Å². The van der Waals surface area contributed by atoms with Gasteiger partial charge in [-0.25, -0.2) is 0 Å². The van der Waals surface area contributed by atoms with Gasteiger partial charge in [0.25, 0.3) is 11.8 Å². The van der Waals surface area contributed by atoms with Crippen LogP contribution < -0.4 is 15.6 Å². The van der Waals surface area contributed by atoms with Crippen LogP contribution in [0.4, 0.5) is 0 Å². The Morgan fingerprint density at radius 3 is 2.72 bits per heavy atom. The third-order valence-electron chi connectivity index (χ3n) is 3.57. The van der Waals surface area contributed by atoms with Crippen LogP contribution in [0.5, 0.6) is 5.75 Å². The van der Waals surface area contributed by atoms with Crippen LogP contribution in [0, 0.1) is 6.92 Å². The van der Waals surface area contributed by atoms with E-state index in [9.17, 15) is 9.59 Å². The van der Waals surface area contributed by atoms with E-state index >= 15 is 0 Å². The van der Waals surface area contributed by atoms with Crippen LogP contribution in [-0.2, 0) is 4.79 Å². The van der Waals surface area contributed by atoms with Crippen molar-refractivity contribution < 1.29 is 14.3 Å². The molecule has 0 saturated carbocycles. The van der Waals surface area contributed by atoms with E-state index in [0.717, 1.165) is 5.56 Å². The van der Waals surface area contributed by atoms with Crippen LogP contribution in [0.2, 0.25) is 0 Å². The molecular weight excluding hydrogens is 318 g/mol. The highest BCUT2D eigenvalue weighted by Crippen LogP contribution is 2.15.